The summed E-state index contributed by atoms with van der Waals surface area (Å²) in [4.78, 5) is 22.2. The van der Waals surface area contributed by atoms with Crippen LogP contribution in [0.25, 0.3) is 0 Å². The molecule has 2 aromatic rings. The highest BCUT2D eigenvalue weighted by Gasteiger charge is 2.14. The number of phenols is 1. The van der Waals surface area contributed by atoms with E-state index >= 15 is 0 Å². The van der Waals surface area contributed by atoms with E-state index < -0.39 is 10.8 Å². The normalized spacial score (nSPS) is 10.2. The molecule has 0 saturated heterocycles. The van der Waals surface area contributed by atoms with Crippen LogP contribution in [-0.2, 0) is 0 Å². The molecule has 0 heterocycles. The smallest absolute Gasteiger partial charge is 0.271 e. The molecule has 0 spiro atoms. The fourth-order valence-corrected chi connectivity index (χ4v) is 1.81. The number of aromatic hydroxyl groups is 1. The minimum atomic E-state index is -0.592. The number of amides is 1. The lowest BCUT2D eigenvalue weighted by Crippen LogP contribution is -2.12. The van der Waals surface area contributed by atoms with Crippen LogP contribution >= 0.6 is 0 Å². The third-order valence-electron chi connectivity index (χ3n) is 3.21. The molecule has 0 aromatic heterocycles. The molecule has 21 heavy (non-hydrogen) atoms. The highest BCUT2D eigenvalue weighted by Crippen LogP contribution is 2.28. The SMILES string of the molecule is Cc1ccc(C(=O)Nc2cc([N+](=O)[O-])ccc2O)cc1C. The van der Waals surface area contributed by atoms with Crippen LogP contribution in [0.4, 0.5) is 11.4 Å². The topological polar surface area (TPSA) is 92.5 Å². The van der Waals surface area contributed by atoms with Gasteiger partial charge in [-0.2, -0.15) is 0 Å². The van der Waals surface area contributed by atoms with Crippen molar-refractivity contribution in [2.24, 2.45) is 0 Å². The molecule has 6 nitrogen and oxygen atoms in total. The van der Waals surface area contributed by atoms with E-state index in [0.29, 0.717) is 5.56 Å². The van der Waals surface area contributed by atoms with Crippen LogP contribution in [0.1, 0.15) is 21.5 Å². The van der Waals surface area contributed by atoms with Gasteiger partial charge in [0.15, 0.2) is 0 Å². The molecular formula is C15H14N2O4. The molecule has 108 valence electrons. The molecule has 2 N–H and O–H groups in total. The number of phenolic OH excluding ortho intramolecular Hbond substituents is 1. The third kappa shape index (κ3) is 3.17. The molecule has 0 atom stereocenters. The molecule has 0 radical (unpaired) electrons. The number of carbonyl (C=O) groups is 1. The van der Waals surface area contributed by atoms with Gasteiger partial charge in [-0.1, -0.05) is 6.07 Å². The zero-order chi connectivity index (χ0) is 15.6. The predicted octanol–water partition coefficient (Wildman–Crippen LogP) is 3.17. The second-order valence-corrected chi connectivity index (χ2v) is 4.71. The monoisotopic (exact) mass is 286 g/mol. The average Bonchev–Trinajstić information content (AvgIpc) is 2.43. The molecule has 6 heteroatoms. The summed E-state index contributed by atoms with van der Waals surface area (Å²) in [6, 6.07) is 8.66. The van der Waals surface area contributed by atoms with E-state index in [-0.39, 0.29) is 17.1 Å². The maximum atomic E-state index is 12.1. The largest absolute Gasteiger partial charge is 0.506 e. The van der Waals surface area contributed by atoms with Gasteiger partial charge in [0.1, 0.15) is 5.75 Å². The molecule has 0 unspecified atom stereocenters. The van der Waals surface area contributed by atoms with Crippen LogP contribution < -0.4 is 5.32 Å². The molecule has 0 bridgehead atoms. The quantitative estimate of drug-likeness (QED) is 0.515. The lowest BCUT2D eigenvalue weighted by Gasteiger charge is -2.08. The van der Waals surface area contributed by atoms with Gasteiger partial charge in [0, 0.05) is 17.7 Å². The number of carbonyl (C=O) groups excluding carboxylic acids is 1. The van der Waals surface area contributed by atoms with Crippen molar-refractivity contribution in [2.75, 3.05) is 5.32 Å². The van der Waals surface area contributed by atoms with Crippen molar-refractivity contribution in [3.63, 3.8) is 0 Å². The number of anilines is 1. The Balaban J connectivity index is 2.28. The highest BCUT2D eigenvalue weighted by atomic mass is 16.6. The van der Waals surface area contributed by atoms with Crippen LogP contribution in [0.2, 0.25) is 0 Å². The number of nitrogens with zero attached hydrogens (tertiary/aromatic N) is 1. The van der Waals surface area contributed by atoms with E-state index in [1.807, 2.05) is 19.9 Å². The molecule has 2 aromatic carbocycles. The fraction of sp³-hybridized carbons (Fsp3) is 0.133. The van der Waals surface area contributed by atoms with Crippen molar-refractivity contribution in [1.29, 1.82) is 0 Å². The van der Waals surface area contributed by atoms with Crippen LogP contribution in [0.15, 0.2) is 36.4 Å². The lowest BCUT2D eigenvalue weighted by molar-refractivity contribution is -0.384. The van der Waals surface area contributed by atoms with Crippen molar-refractivity contribution < 1.29 is 14.8 Å². The molecular weight excluding hydrogens is 272 g/mol. The number of non-ortho nitro benzene ring substituents is 1. The van der Waals surface area contributed by atoms with E-state index in [1.165, 1.54) is 12.1 Å². The van der Waals surface area contributed by atoms with E-state index in [1.54, 1.807) is 12.1 Å². The van der Waals surface area contributed by atoms with Gasteiger partial charge in [-0.3, -0.25) is 14.9 Å². The second-order valence-electron chi connectivity index (χ2n) is 4.71. The van der Waals surface area contributed by atoms with Gasteiger partial charge in [0.25, 0.3) is 11.6 Å². The Kier molecular flexibility index (Phi) is 3.89. The molecule has 0 aliphatic carbocycles. The summed E-state index contributed by atoms with van der Waals surface area (Å²) in [5.74, 6) is -0.660. The van der Waals surface area contributed by atoms with Crippen molar-refractivity contribution in [3.8, 4) is 5.75 Å². The van der Waals surface area contributed by atoms with Crippen molar-refractivity contribution in [2.45, 2.75) is 13.8 Å². The molecule has 0 fully saturated rings. The maximum absolute atomic E-state index is 12.1. The van der Waals surface area contributed by atoms with Crippen LogP contribution in [-0.4, -0.2) is 15.9 Å². The van der Waals surface area contributed by atoms with Crippen LogP contribution in [0, 0.1) is 24.0 Å². The second kappa shape index (κ2) is 5.62. The lowest BCUT2D eigenvalue weighted by atomic mass is 10.1. The Morgan fingerprint density at radius 3 is 2.48 bits per heavy atom. The Bertz CT molecular complexity index is 726. The molecule has 0 aliphatic rings. The predicted molar refractivity (Wildman–Crippen MR) is 78.6 cm³/mol. The van der Waals surface area contributed by atoms with E-state index in [4.69, 9.17) is 0 Å². The minimum absolute atomic E-state index is 0.00688. The third-order valence-corrected chi connectivity index (χ3v) is 3.21. The van der Waals surface area contributed by atoms with Gasteiger partial charge in [-0.05, 0) is 43.2 Å². The Morgan fingerprint density at radius 2 is 1.86 bits per heavy atom. The number of hydrogen-bond donors (Lipinski definition) is 2. The first-order valence-corrected chi connectivity index (χ1v) is 6.24. The number of hydrogen-bond acceptors (Lipinski definition) is 4. The van der Waals surface area contributed by atoms with E-state index in [2.05, 4.69) is 5.32 Å². The van der Waals surface area contributed by atoms with E-state index in [9.17, 15) is 20.0 Å². The summed E-state index contributed by atoms with van der Waals surface area (Å²) in [7, 11) is 0. The summed E-state index contributed by atoms with van der Waals surface area (Å²) in [6.07, 6.45) is 0. The van der Waals surface area contributed by atoms with Crippen molar-refractivity contribution >= 4 is 17.3 Å². The minimum Gasteiger partial charge on any atom is -0.506 e. The number of nitrogens with one attached hydrogen (secondary N) is 1. The fourth-order valence-electron chi connectivity index (χ4n) is 1.81. The zero-order valence-electron chi connectivity index (χ0n) is 11.6. The van der Waals surface area contributed by atoms with E-state index in [0.717, 1.165) is 17.2 Å². The molecule has 2 rings (SSSR count). The Labute approximate surface area is 121 Å². The van der Waals surface area contributed by atoms with Crippen LogP contribution in [0.5, 0.6) is 5.75 Å². The first-order chi connectivity index (χ1) is 9.88. The Hall–Kier alpha value is -2.89. The summed E-state index contributed by atoms with van der Waals surface area (Å²) in [5.41, 5.74) is 2.25. The first kappa shape index (κ1) is 14.5. The summed E-state index contributed by atoms with van der Waals surface area (Å²) in [5, 5.41) is 22.9. The first-order valence-electron chi connectivity index (χ1n) is 6.24. The van der Waals surface area contributed by atoms with Gasteiger partial charge in [0.2, 0.25) is 0 Å². The molecule has 0 aliphatic heterocycles. The summed E-state index contributed by atoms with van der Waals surface area (Å²) < 4.78 is 0. The van der Waals surface area contributed by atoms with Crippen LogP contribution in [0.3, 0.4) is 0 Å². The number of nitro benzene ring substituents is 1. The molecule has 1 amide bonds. The van der Waals surface area contributed by atoms with Crippen molar-refractivity contribution in [3.05, 3.63) is 63.2 Å². The number of aryl methyl sites for hydroxylation is 2. The molecule has 0 saturated carbocycles. The number of benzene rings is 2. The van der Waals surface area contributed by atoms with Gasteiger partial charge < -0.3 is 10.4 Å². The summed E-state index contributed by atoms with van der Waals surface area (Å²) >= 11 is 0. The standard InChI is InChI=1S/C15H14N2O4/c1-9-3-4-11(7-10(9)2)15(19)16-13-8-12(17(20)21)5-6-14(13)18/h3-8,18H,1-2H3,(H,16,19). The number of rotatable bonds is 3. The maximum Gasteiger partial charge on any atom is 0.271 e. The van der Waals surface area contributed by atoms with Gasteiger partial charge in [0.05, 0.1) is 10.6 Å². The van der Waals surface area contributed by atoms with Gasteiger partial charge >= 0.3 is 0 Å². The Morgan fingerprint density at radius 1 is 1.14 bits per heavy atom. The highest BCUT2D eigenvalue weighted by molar-refractivity contribution is 6.05. The summed E-state index contributed by atoms with van der Waals surface area (Å²) in [6.45, 7) is 3.82. The zero-order valence-corrected chi connectivity index (χ0v) is 11.6. The van der Waals surface area contributed by atoms with Gasteiger partial charge in [-0.15, -0.1) is 0 Å². The van der Waals surface area contributed by atoms with Gasteiger partial charge in [-0.25, -0.2) is 0 Å². The average molecular weight is 286 g/mol. The van der Waals surface area contributed by atoms with Crippen molar-refractivity contribution in [1.82, 2.24) is 0 Å². The number of nitro groups is 1.